The summed E-state index contributed by atoms with van der Waals surface area (Å²) < 4.78 is 7.58. The molecule has 35 heavy (non-hydrogen) atoms. The van der Waals surface area contributed by atoms with Crippen LogP contribution in [0.1, 0.15) is 29.3 Å². The smallest absolute Gasteiger partial charge is 0.351 e. The van der Waals surface area contributed by atoms with Crippen molar-refractivity contribution in [1.29, 1.82) is 0 Å². The topological polar surface area (TPSA) is 102 Å². The first kappa shape index (κ1) is 23.0. The fraction of sp³-hybridized carbons (Fsp3) is 0.214. The zero-order valence-electron chi connectivity index (χ0n) is 19.2. The van der Waals surface area contributed by atoms with E-state index in [4.69, 9.17) is 10.5 Å². The number of ether oxygens (including phenoxy) is 1. The van der Waals surface area contributed by atoms with Gasteiger partial charge in [-0.2, -0.15) is 4.98 Å². The van der Waals surface area contributed by atoms with Crippen molar-refractivity contribution in [2.24, 2.45) is 0 Å². The molecule has 1 saturated heterocycles. The molecule has 2 heterocycles. The maximum Gasteiger partial charge on any atom is 0.351 e. The molecule has 178 valence electrons. The summed E-state index contributed by atoms with van der Waals surface area (Å²) in [5.74, 6) is 0.161. The van der Waals surface area contributed by atoms with Gasteiger partial charge in [0.25, 0.3) is 0 Å². The van der Waals surface area contributed by atoms with Gasteiger partial charge in [0, 0.05) is 18.7 Å². The molecule has 0 saturated carbocycles. The van der Waals surface area contributed by atoms with Crippen molar-refractivity contribution in [3.05, 3.63) is 130 Å². The number of nitrogens with zero attached hydrogens (tertiary/aromatic N) is 2. The normalized spacial score (nSPS) is 20.1. The van der Waals surface area contributed by atoms with Crippen LogP contribution in [0.2, 0.25) is 0 Å². The van der Waals surface area contributed by atoms with Gasteiger partial charge in [0.2, 0.25) is 0 Å². The minimum atomic E-state index is -0.718. The quantitative estimate of drug-likeness (QED) is 0.360. The van der Waals surface area contributed by atoms with E-state index in [1.54, 1.807) is 12.3 Å². The van der Waals surface area contributed by atoms with Gasteiger partial charge in [0.05, 0.1) is 18.2 Å². The number of aliphatic hydroxyl groups excluding tert-OH is 1. The zero-order valence-corrected chi connectivity index (χ0v) is 19.2. The van der Waals surface area contributed by atoms with E-state index in [1.807, 2.05) is 54.6 Å². The second kappa shape index (κ2) is 9.84. The van der Waals surface area contributed by atoms with E-state index in [-0.39, 0.29) is 18.5 Å². The third kappa shape index (κ3) is 4.37. The number of nitrogens with two attached hydrogens (primary N) is 1. The molecule has 1 aliphatic heterocycles. The third-order valence-electron chi connectivity index (χ3n) is 6.60. The summed E-state index contributed by atoms with van der Waals surface area (Å²) in [6.45, 7) is -0.195. The molecule has 1 fully saturated rings. The lowest BCUT2D eigenvalue weighted by molar-refractivity contribution is -0.0299. The molecule has 0 aliphatic carbocycles. The molecular weight excluding hydrogens is 440 g/mol. The van der Waals surface area contributed by atoms with E-state index < -0.39 is 23.6 Å². The monoisotopic (exact) mass is 468 g/mol. The lowest BCUT2D eigenvalue weighted by Gasteiger charge is -2.40. The van der Waals surface area contributed by atoms with Crippen LogP contribution in [-0.4, -0.2) is 33.4 Å². The summed E-state index contributed by atoms with van der Waals surface area (Å²) in [7, 11) is 0. The summed E-state index contributed by atoms with van der Waals surface area (Å²) in [5, 5.41) is 14.1. The molecule has 1 aliphatic rings. The number of nitrogen functional groups attached to an aromatic ring is 1. The van der Waals surface area contributed by atoms with Gasteiger partial charge < -0.3 is 15.6 Å². The Labute approximate surface area is 203 Å². The van der Waals surface area contributed by atoms with Crippen LogP contribution in [0.25, 0.3) is 0 Å². The van der Waals surface area contributed by atoms with Gasteiger partial charge >= 0.3 is 5.69 Å². The van der Waals surface area contributed by atoms with Crippen molar-refractivity contribution in [2.75, 3.05) is 12.3 Å². The molecule has 4 N–H and O–H groups in total. The van der Waals surface area contributed by atoms with Gasteiger partial charge in [-0.15, -0.1) is 0 Å². The first-order valence-corrected chi connectivity index (χ1v) is 11.7. The second-order valence-corrected chi connectivity index (χ2v) is 8.69. The maximum absolute atomic E-state index is 12.5. The minimum Gasteiger partial charge on any atom is -0.394 e. The van der Waals surface area contributed by atoms with Crippen molar-refractivity contribution in [3.63, 3.8) is 0 Å². The van der Waals surface area contributed by atoms with Crippen molar-refractivity contribution in [2.45, 2.75) is 30.3 Å². The number of benzene rings is 3. The van der Waals surface area contributed by atoms with E-state index in [0.29, 0.717) is 6.42 Å². The molecule has 4 aromatic rings. The Morgan fingerprint density at radius 3 is 1.89 bits per heavy atom. The number of hydrogen-bond acceptors (Lipinski definition) is 6. The molecule has 1 aromatic heterocycles. The van der Waals surface area contributed by atoms with Crippen LogP contribution in [0.15, 0.2) is 108 Å². The molecule has 7 heteroatoms. The van der Waals surface area contributed by atoms with Crippen LogP contribution < -0.4 is 16.7 Å². The first-order chi connectivity index (χ1) is 17.1. The van der Waals surface area contributed by atoms with Gasteiger partial charge in [0.15, 0.2) is 0 Å². The highest BCUT2D eigenvalue weighted by atomic mass is 16.5. The van der Waals surface area contributed by atoms with Crippen LogP contribution in [-0.2, 0) is 10.3 Å². The maximum atomic E-state index is 12.5. The van der Waals surface area contributed by atoms with E-state index in [9.17, 15) is 9.90 Å². The van der Waals surface area contributed by atoms with Gasteiger partial charge in [-0.3, -0.25) is 9.88 Å². The lowest BCUT2D eigenvalue weighted by Crippen LogP contribution is -2.53. The van der Waals surface area contributed by atoms with Crippen LogP contribution in [0, 0.1) is 0 Å². The Kier molecular flexibility index (Phi) is 6.46. The summed E-state index contributed by atoms with van der Waals surface area (Å²) in [4.78, 5) is 16.3. The van der Waals surface area contributed by atoms with Crippen LogP contribution in [0.4, 0.5) is 5.82 Å². The average Bonchev–Trinajstić information content (AvgIpc) is 3.31. The van der Waals surface area contributed by atoms with Crippen molar-refractivity contribution in [3.8, 4) is 0 Å². The SMILES string of the molecule is Nc1ccn(C2CC(NC(c3ccccc3)(c3ccccc3)c3ccccc3)C(CO)O2)c(=O)n1. The molecule has 5 rings (SSSR count). The molecule has 0 bridgehead atoms. The van der Waals surface area contributed by atoms with Gasteiger partial charge in [-0.25, -0.2) is 4.79 Å². The van der Waals surface area contributed by atoms with Crippen LogP contribution >= 0.6 is 0 Å². The number of rotatable bonds is 7. The third-order valence-corrected chi connectivity index (χ3v) is 6.60. The zero-order chi connectivity index (χ0) is 24.3. The number of nitrogens with one attached hydrogen (secondary N) is 1. The fourth-order valence-electron chi connectivity index (χ4n) is 4.96. The van der Waals surface area contributed by atoms with Crippen LogP contribution in [0.5, 0.6) is 0 Å². The Hall–Kier alpha value is -3.78. The number of aliphatic hydroxyl groups is 1. The Balaban J connectivity index is 1.61. The molecule has 0 radical (unpaired) electrons. The largest absolute Gasteiger partial charge is 0.394 e. The van der Waals surface area contributed by atoms with E-state index in [0.717, 1.165) is 16.7 Å². The highest BCUT2D eigenvalue weighted by Crippen LogP contribution is 2.40. The highest BCUT2D eigenvalue weighted by molar-refractivity contribution is 5.49. The summed E-state index contributed by atoms with van der Waals surface area (Å²) >= 11 is 0. The second-order valence-electron chi connectivity index (χ2n) is 8.69. The summed E-state index contributed by atoms with van der Waals surface area (Å²) in [6, 6.07) is 32.0. The van der Waals surface area contributed by atoms with Crippen molar-refractivity contribution in [1.82, 2.24) is 14.9 Å². The van der Waals surface area contributed by atoms with E-state index in [1.165, 1.54) is 4.57 Å². The molecule has 3 aromatic carbocycles. The standard InChI is InChI=1S/C28H28N4O3/c29-25-16-17-32(27(34)30-25)26-18-23(24(19-33)35-26)31-28(20-10-4-1-5-11-20,21-12-6-2-7-13-21)22-14-8-3-9-15-22/h1-17,23-24,26,31,33H,18-19H2,(H2,29,30,34). The van der Waals surface area contributed by atoms with Crippen molar-refractivity contribution >= 4 is 5.82 Å². The Morgan fingerprint density at radius 1 is 0.914 bits per heavy atom. The van der Waals surface area contributed by atoms with E-state index in [2.05, 4.69) is 46.7 Å². The molecule has 0 amide bonds. The number of hydrogen-bond donors (Lipinski definition) is 3. The Morgan fingerprint density at radius 2 is 1.43 bits per heavy atom. The van der Waals surface area contributed by atoms with Gasteiger partial charge in [-0.1, -0.05) is 91.0 Å². The molecule has 3 unspecified atom stereocenters. The van der Waals surface area contributed by atoms with E-state index >= 15 is 0 Å². The number of aromatic nitrogens is 2. The average molecular weight is 469 g/mol. The van der Waals surface area contributed by atoms with Crippen molar-refractivity contribution < 1.29 is 9.84 Å². The van der Waals surface area contributed by atoms with Gasteiger partial charge in [-0.05, 0) is 22.8 Å². The predicted molar refractivity (Wildman–Crippen MR) is 135 cm³/mol. The summed E-state index contributed by atoms with van der Waals surface area (Å²) in [6.07, 6.45) is 0.945. The number of anilines is 1. The first-order valence-electron chi connectivity index (χ1n) is 11.7. The predicted octanol–water partition coefficient (Wildman–Crippen LogP) is 3.06. The molecular formula is C28H28N4O3. The summed E-state index contributed by atoms with van der Waals surface area (Å²) in [5.41, 5.74) is 7.65. The molecule has 7 nitrogen and oxygen atoms in total. The highest BCUT2D eigenvalue weighted by Gasteiger charge is 2.44. The fourth-order valence-corrected chi connectivity index (χ4v) is 4.96. The molecule has 3 atom stereocenters. The van der Waals surface area contributed by atoms with Gasteiger partial charge in [0.1, 0.15) is 12.0 Å². The Bertz CT molecular complexity index is 1220. The minimum absolute atomic E-state index is 0.161. The lowest BCUT2D eigenvalue weighted by atomic mass is 9.76. The van der Waals surface area contributed by atoms with Crippen LogP contribution in [0.3, 0.4) is 0 Å². The molecule has 0 spiro atoms.